The Morgan fingerprint density at radius 3 is 2.43 bits per heavy atom. The van der Waals surface area contributed by atoms with Gasteiger partial charge < -0.3 is 10.6 Å². The van der Waals surface area contributed by atoms with Crippen molar-refractivity contribution >= 4 is 38.2 Å². The zero-order valence-electron chi connectivity index (χ0n) is 20.6. The lowest BCUT2D eigenvalue weighted by Crippen LogP contribution is -2.38. The second kappa shape index (κ2) is 10.8. The number of carbonyl (C=O) groups is 2. The molecule has 2 aliphatic rings. The van der Waals surface area contributed by atoms with Gasteiger partial charge in [0.25, 0.3) is 11.8 Å². The molecule has 190 valence electrons. The first-order valence-electron chi connectivity index (χ1n) is 12.2. The third-order valence-electron chi connectivity index (χ3n) is 7.15. The van der Waals surface area contributed by atoms with Crippen LogP contribution in [0.25, 0.3) is 0 Å². The van der Waals surface area contributed by atoms with Crippen LogP contribution in [0.5, 0.6) is 0 Å². The topological polar surface area (TPSA) is 98.8 Å². The third-order valence-corrected chi connectivity index (χ3v) is 10.2. The number of amides is 2. The van der Waals surface area contributed by atoms with Gasteiger partial charge in [-0.3, -0.25) is 14.5 Å². The largest absolute Gasteiger partial charge is 0.355 e. The minimum Gasteiger partial charge on any atom is -0.355 e. The molecule has 1 saturated carbocycles. The average molecular weight is 519 g/mol. The van der Waals surface area contributed by atoms with E-state index in [9.17, 15) is 18.0 Å². The Labute approximate surface area is 211 Å². The number of anilines is 1. The van der Waals surface area contributed by atoms with Crippen molar-refractivity contribution in [1.29, 1.82) is 0 Å². The molecule has 2 heterocycles. The highest BCUT2D eigenvalue weighted by Crippen LogP contribution is 2.37. The molecule has 0 atom stereocenters. The predicted molar refractivity (Wildman–Crippen MR) is 139 cm³/mol. The van der Waals surface area contributed by atoms with Crippen LogP contribution in [0.3, 0.4) is 0 Å². The fourth-order valence-electron chi connectivity index (χ4n) is 4.94. The third kappa shape index (κ3) is 5.30. The number of likely N-dealkylation sites (N-methyl/N-ethyl adjacent to an activating group) is 1. The van der Waals surface area contributed by atoms with Crippen LogP contribution in [0.15, 0.2) is 29.2 Å². The van der Waals surface area contributed by atoms with E-state index in [-0.39, 0.29) is 22.8 Å². The van der Waals surface area contributed by atoms with Crippen LogP contribution in [-0.2, 0) is 23.0 Å². The van der Waals surface area contributed by atoms with Crippen LogP contribution in [-0.4, -0.2) is 62.7 Å². The van der Waals surface area contributed by atoms with Crippen LogP contribution in [0.2, 0.25) is 0 Å². The molecule has 0 radical (unpaired) electrons. The van der Waals surface area contributed by atoms with Gasteiger partial charge in [-0.05, 0) is 55.6 Å². The van der Waals surface area contributed by atoms with Crippen molar-refractivity contribution in [2.45, 2.75) is 62.9 Å². The van der Waals surface area contributed by atoms with Gasteiger partial charge in [-0.1, -0.05) is 26.2 Å². The molecule has 2 amide bonds. The molecule has 2 aromatic rings. The van der Waals surface area contributed by atoms with Crippen molar-refractivity contribution in [3.05, 3.63) is 45.8 Å². The van der Waals surface area contributed by atoms with Gasteiger partial charge in [0.15, 0.2) is 0 Å². The van der Waals surface area contributed by atoms with E-state index in [0.29, 0.717) is 16.1 Å². The summed E-state index contributed by atoms with van der Waals surface area (Å²) in [6, 6.07) is 6.06. The molecule has 8 nitrogen and oxygen atoms in total. The normalized spacial score (nSPS) is 17.3. The number of thiophene rings is 1. The zero-order valence-corrected chi connectivity index (χ0v) is 22.2. The van der Waals surface area contributed by atoms with Gasteiger partial charge in [0, 0.05) is 43.7 Å². The molecule has 1 fully saturated rings. The predicted octanol–water partition coefficient (Wildman–Crippen LogP) is 3.69. The first-order chi connectivity index (χ1) is 16.8. The van der Waals surface area contributed by atoms with Gasteiger partial charge in [0.2, 0.25) is 10.0 Å². The molecule has 0 spiro atoms. The quantitative estimate of drug-likeness (QED) is 0.583. The van der Waals surface area contributed by atoms with Gasteiger partial charge in [0.1, 0.15) is 5.00 Å². The Bertz CT molecular complexity index is 1180. The summed E-state index contributed by atoms with van der Waals surface area (Å²) in [7, 11) is -0.396. The van der Waals surface area contributed by atoms with Crippen molar-refractivity contribution in [2.75, 3.05) is 32.5 Å². The number of rotatable bonds is 7. The van der Waals surface area contributed by atoms with E-state index in [1.165, 1.54) is 39.9 Å². The smallest absolute Gasteiger partial charge is 0.256 e. The molecular weight excluding hydrogens is 484 g/mol. The van der Waals surface area contributed by atoms with Gasteiger partial charge in [0.05, 0.1) is 10.5 Å². The summed E-state index contributed by atoms with van der Waals surface area (Å²) >= 11 is 1.44. The van der Waals surface area contributed by atoms with E-state index in [1.807, 2.05) is 0 Å². The number of nitrogens with one attached hydrogen (secondary N) is 2. The van der Waals surface area contributed by atoms with E-state index in [4.69, 9.17) is 0 Å². The summed E-state index contributed by atoms with van der Waals surface area (Å²) in [5, 5.41) is 6.13. The second-order valence-corrected chi connectivity index (χ2v) is 12.3. The average Bonchev–Trinajstić information content (AvgIpc) is 3.25. The number of fused-ring (bicyclic) bond motifs is 1. The highest BCUT2D eigenvalue weighted by molar-refractivity contribution is 7.89. The molecule has 10 heteroatoms. The van der Waals surface area contributed by atoms with E-state index in [0.717, 1.165) is 68.6 Å². The van der Waals surface area contributed by atoms with Crippen LogP contribution < -0.4 is 10.6 Å². The molecule has 1 aromatic carbocycles. The van der Waals surface area contributed by atoms with Crippen molar-refractivity contribution in [1.82, 2.24) is 14.5 Å². The first-order valence-corrected chi connectivity index (χ1v) is 14.5. The minimum absolute atomic E-state index is 0.0216. The summed E-state index contributed by atoms with van der Waals surface area (Å²) in [6.45, 7) is 4.68. The van der Waals surface area contributed by atoms with Crippen molar-refractivity contribution in [3.63, 3.8) is 0 Å². The van der Waals surface area contributed by atoms with Crippen molar-refractivity contribution in [3.8, 4) is 0 Å². The Kier molecular flexibility index (Phi) is 7.95. The molecule has 2 N–H and O–H groups in total. The Hall–Kier alpha value is -2.27. The Morgan fingerprint density at radius 2 is 1.80 bits per heavy atom. The number of benzene rings is 1. The number of hydrogen-bond acceptors (Lipinski definition) is 6. The lowest BCUT2D eigenvalue weighted by molar-refractivity contribution is 0.0962. The maximum Gasteiger partial charge on any atom is 0.256 e. The molecule has 1 aliphatic carbocycles. The molecule has 35 heavy (non-hydrogen) atoms. The summed E-state index contributed by atoms with van der Waals surface area (Å²) < 4.78 is 27.7. The lowest BCUT2D eigenvalue weighted by atomic mass is 9.96. The Morgan fingerprint density at radius 1 is 1.11 bits per heavy atom. The van der Waals surface area contributed by atoms with E-state index < -0.39 is 10.0 Å². The number of sulfonamides is 1. The first kappa shape index (κ1) is 25.8. The highest BCUT2D eigenvalue weighted by Gasteiger charge is 2.30. The molecule has 0 bridgehead atoms. The Balaban J connectivity index is 1.53. The van der Waals surface area contributed by atoms with E-state index in [2.05, 4.69) is 22.5 Å². The maximum absolute atomic E-state index is 13.1. The molecule has 0 saturated heterocycles. The number of carbonyl (C=O) groups excluding carboxylic acids is 2. The van der Waals surface area contributed by atoms with Crippen molar-refractivity contribution in [2.24, 2.45) is 0 Å². The summed E-state index contributed by atoms with van der Waals surface area (Å²) in [6.07, 6.45) is 5.77. The lowest BCUT2D eigenvalue weighted by Gasteiger charge is -2.30. The van der Waals surface area contributed by atoms with Crippen molar-refractivity contribution < 1.29 is 18.0 Å². The summed E-state index contributed by atoms with van der Waals surface area (Å²) in [5.41, 5.74) is 1.88. The van der Waals surface area contributed by atoms with Crippen LogP contribution in [0, 0.1) is 0 Å². The zero-order chi connectivity index (χ0) is 25.2. The van der Waals surface area contributed by atoms with Gasteiger partial charge in [-0.2, -0.15) is 4.31 Å². The SMILES string of the molecule is CCN1CCc2c(sc(NC(=O)c3ccc(S(=O)(=O)N(C)C4CCCCC4)cc3)c2C(=O)NC)C1. The molecule has 4 rings (SSSR count). The fourth-order valence-corrected chi connectivity index (χ4v) is 7.64. The molecule has 1 aromatic heterocycles. The van der Waals surface area contributed by atoms with Crippen LogP contribution in [0.1, 0.15) is 70.2 Å². The second-order valence-electron chi connectivity index (χ2n) is 9.20. The molecule has 0 unspecified atom stereocenters. The molecule has 1 aliphatic heterocycles. The van der Waals surface area contributed by atoms with Gasteiger partial charge >= 0.3 is 0 Å². The standard InChI is InChI=1S/C25H34N4O4S2/c1-4-29-15-14-20-21(16-29)34-25(22(20)24(31)26-2)27-23(30)17-10-12-19(13-11-17)35(32,33)28(3)18-8-6-5-7-9-18/h10-13,18H,4-9,14-16H2,1-3H3,(H,26,31)(H,27,30). The van der Waals surface area contributed by atoms with Gasteiger partial charge in [-0.15, -0.1) is 11.3 Å². The monoisotopic (exact) mass is 518 g/mol. The van der Waals surface area contributed by atoms with Gasteiger partial charge in [-0.25, -0.2) is 8.42 Å². The summed E-state index contributed by atoms with van der Waals surface area (Å²) in [4.78, 5) is 29.3. The maximum atomic E-state index is 13.1. The minimum atomic E-state index is -3.63. The number of nitrogens with zero attached hydrogens (tertiary/aromatic N) is 2. The fraction of sp³-hybridized carbons (Fsp3) is 0.520. The summed E-state index contributed by atoms with van der Waals surface area (Å²) in [5.74, 6) is -0.583. The van der Waals surface area contributed by atoms with Crippen LogP contribution >= 0.6 is 11.3 Å². The molecular formula is C25H34N4O4S2. The highest BCUT2D eigenvalue weighted by atomic mass is 32.2. The van der Waals surface area contributed by atoms with Crippen LogP contribution in [0.4, 0.5) is 5.00 Å². The van der Waals surface area contributed by atoms with E-state index >= 15 is 0 Å². The van der Waals surface area contributed by atoms with E-state index in [1.54, 1.807) is 14.1 Å². The number of hydrogen-bond donors (Lipinski definition) is 2.